The van der Waals surface area contributed by atoms with Crippen molar-refractivity contribution in [2.45, 2.75) is 78.6 Å². The number of amides is 1. The lowest BCUT2D eigenvalue weighted by Crippen LogP contribution is -2.39. The number of nitrogens with one attached hydrogen (secondary N) is 3. The van der Waals surface area contributed by atoms with E-state index < -0.39 is 6.17 Å². The topological polar surface area (TPSA) is 92.1 Å². The van der Waals surface area contributed by atoms with Crippen molar-refractivity contribution in [2.75, 3.05) is 11.9 Å². The molecule has 0 bridgehead atoms. The van der Waals surface area contributed by atoms with E-state index in [4.69, 9.17) is 10.7 Å². The molecule has 0 aliphatic carbocycles. The zero-order valence-corrected chi connectivity index (χ0v) is 18.5. The molecular weight excluding hydrogens is 362 g/mol. The molecule has 0 aliphatic rings. The quantitative estimate of drug-likeness (QED) is 0.431. The zero-order valence-electron chi connectivity index (χ0n) is 18.5. The standard InChI is InChI=1S/C23H37N5O/c1-6-15(4)26-19(8-3)11-12-25-22-20(23(29)27-16(5)24)14-18-13-17(7-2)9-10-21(18)28-22/h9-10,13-16,19,26H,6-8,11-12,24H2,1-5H3,(H,25,28)(H,27,29)/t15-,16?,19?/m1/s1. The number of hydrogen-bond acceptors (Lipinski definition) is 5. The summed E-state index contributed by atoms with van der Waals surface area (Å²) in [6, 6.07) is 9.05. The number of aromatic nitrogens is 1. The summed E-state index contributed by atoms with van der Waals surface area (Å²) < 4.78 is 0. The third-order valence-corrected chi connectivity index (χ3v) is 5.30. The van der Waals surface area contributed by atoms with E-state index in [1.165, 1.54) is 5.56 Å². The highest BCUT2D eigenvalue weighted by Crippen LogP contribution is 2.22. The molecule has 1 aromatic carbocycles. The Balaban J connectivity index is 2.23. The summed E-state index contributed by atoms with van der Waals surface area (Å²) in [4.78, 5) is 17.5. The molecule has 1 amide bonds. The van der Waals surface area contributed by atoms with Crippen LogP contribution in [0.4, 0.5) is 5.82 Å². The average molecular weight is 400 g/mol. The molecule has 0 radical (unpaired) electrons. The molecule has 0 spiro atoms. The highest BCUT2D eigenvalue weighted by atomic mass is 16.1. The summed E-state index contributed by atoms with van der Waals surface area (Å²) in [7, 11) is 0. The van der Waals surface area contributed by atoms with E-state index >= 15 is 0 Å². The van der Waals surface area contributed by atoms with Gasteiger partial charge in [0.1, 0.15) is 5.82 Å². The Hall–Kier alpha value is -2.18. The molecule has 29 heavy (non-hydrogen) atoms. The van der Waals surface area contributed by atoms with Gasteiger partial charge in [0.25, 0.3) is 5.91 Å². The first-order valence-electron chi connectivity index (χ1n) is 10.9. The fourth-order valence-corrected chi connectivity index (χ4v) is 3.33. The monoisotopic (exact) mass is 399 g/mol. The van der Waals surface area contributed by atoms with Crippen LogP contribution in [0.1, 0.15) is 69.8 Å². The molecule has 5 N–H and O–H groups in total. The molecule has 0 fully saturated rings. The second-order valence-corrected chi connectivity index (χ2v) is 7.82. The van der Waals surface area contributed by atoms with Gasteiger partial charge in [-0.25, -0.2) is 4.98 Å². The predicted octanol–water partition coefficient (Wildman–Crippen LogP) is 3.80. The van der Waals surface area contributed by atoms with Crippen molar-refractivity contribution in [3.63, 3.8) is 0 Å². The van der Waals surface area contributed by atoms with E-state index in [2.05, 4.69) is 55.8 Å². The summed E-state index contributed by atoms with van der Waals surface area (Å²) in [5.41, 5.74) is 8.41. The average Bonchev–Trinajstić information content (AvgIpc) is 2.71. The van der Waals surface area contributed by atoms with Crippen molar-refractivity contribution in [1.82, 2.24) is 15.6 Å². The maximum absolute atomic E-state index is 12.7. The van der Waals surface area contributed by atoms with Crippen LogP contribution in [0.3, 0.4) is 0 Å². The third-order valence-electron chi connectivity index (χ3n) is 5.30. The van der Waals surface area contributed by atoms with Crippen LogP contribution >= 0.6 is 0 Å². The van der Waals surface area contributed by atoms with Crippen molar-refractivity contribution >= 4 is 22.6 Å². The van der Waals surface area contributed by atoms with Crippen LogP contribution in [0.2, 0.25) is 0 Å². The predicted molar refractivity (Wildman–Crippen MR) is 122 cm³/mol. The molecule has 2 unspecified atom stereocenters. The second-order valence-electron chi connectivity index (χ2n) is 7.82. The Labute approximate surface area is 175 Å². The largest absolute Gasteiger partial charge is 0.369 e. The minimum absolute atomic E-state index is 0.205. The van der Waals surface area contributed by atoms with Gasteiger partial charge in [0.05, 0.1) is 17.2 Å². The molecule has 1 heterocycles. The number of pyridine rings is 1. The number of carbonyl (C=O) groups excluding carboxylic acids is 1. The van der Waals surface area contributed by atoms with Crippen molar-refractivity contribution in [1.29, 1.82) is 0 Å². The number of benzene rings is 1. The number of aryl methyl sites for hydroxylation is 1. The van der Waals surface area contributed by atoms with Gasteiger partial charge in [-0.15, -0.1) is 0 Å². The van der Waals surface area contributed by atoms with Crippen LogP contribution in [0.25, 0.3) is 10.9 Å². The first kappa shape index (κ1) is 23.1. The molecule has 160 valence electrons. The number of fused-ring (bicyclic) bond motifs is 1. The van der Waals surface area contributed by atoms with Gasteiger partial charge in [-0.05, 0) is 63.3 Å². The summed E-state index contributed by atoms with van der Waals surface area (Å²) >= 11 is 0. The SMILES string of the molecule is CCc1ccc2nc(NCCC(CC)N[C@H](C)CC)c(C(=O)NC(C)N)cc2c1. The van der Waals surface area contributed by atoms with E-state index in [1.54, 1.807) is 6.92 Å². The van der Waals surface area contributed by atoms with E-state index in [1.807, 2.05) is 12.1 Å². The molecule has 6 heteroatoms. The summed E-state index contributed by atoms with van der Waals surface area (Å²) in [5, 5.41) is 10.8. The number of nitrogens with zero attached hydrogens (tertiary/aromatic N) is 1. The van der Waals surface area contributed by atoms with Crippen LogP contribution in [-0.2, 0) is 6.42 Å². The maximum atomic E-state index is 12.7. The lowest BCUT2D eigenvalue weighted by Gasteiger charge is -2.22. The van der Waals surface area contributed by atoms with Crippen molar-refractivity contribution < 1.29 is 4.79 Å². The third kappa shape index (κ3) is 6.68. The Morgan fingerprint density at radius 3 is 2.52 bits per heavy atom. The zero-order chi connectivity index (χ0) is 21.4. The molecule has 0 saturated carbocycles. The van der Waals surface area contributed by atoms with Gasteiger partial charge in [0, 0.05) is 24.0 Å². The summed E-state index contributed by atoms with van der Waals surface area (Å²) in [5.74, 6) is 0.405. The highest BCUT2D eigenvalue weighted by Gasteiger charge is 2.16. The summed E-state index contributed by atoms with van der Waals surface area (Å²) in [6.45, 7) is 11.2. The first-order valence-corrected chi connectivity index (χ1v) is 10.9. The molecule has 3 atom stereocenters. The van der Waals surface area contributed by atoms with Gasteiger partial charge in [-0.3, -0.25) is 4.79 Å². The van der Waals surface area contributed by atoms with Crippen LogP contribution in [-0.4, -0.2) is 35.7 Å². The molecule has 2 aromatic rings. The smallest absolute Gasteiger partial charge is 0.256 e. The molecule has 2 rings (SSSR count). The van der Waals surface area contributed by atoms with E-state index in [9.17, 15) is 4.79 Å². The fourth-order valence-electron chi connectivity index (χ4n) is 3.33. The first-order chi connectivity index (χ1) is 13.9. The number of anilines is 1. The Morgan fingerprint density at radius 2 is 1.90 bits per heavy atom. The molecule has 0 aliphatic heterocycles. The highest BCUT2D eigenvalue weighted by molar-refractivity contribution is 6.02. The second kappa shape index (κ2) is 11.1. The number of carbonyl (C=O) groups is 1. The lowest BCUT2D eigenvalue weighted by molar-refractivity contribution is 0.0942. The van der Waals surface area contributed by atoms with E-state index in [0.717, 1.165) is 43.1 Å². The van der Waals surface area contributed by atoms with Crippen molar-refractivity contribution in [3.8, 4) is 0 Å². The van der Waals surface area contributed by atoms with Gasteiger partial charge < -0.3 is 21.7 Å². The molecule has 1 aromatic heterocycles. The Kier molecular flexibility index (Phi) is 8.86. The Bertz CT molecular complexity index is 805. The van der Waals surface area contributed by atoms with Crippen LogP contribution in [0, 0.1) is 0 Å². The number of nitrogens with two attached hydrogens (primary N) is 1. The summed E-state index contributed by atoms with van der Waals surface area (Å²) in [6.07, 6.45) is 3.66. The molecular formula is C23H37N5O. The molecule has 0 saturated heterocycles. The molecule has 6 nitrogen and oxygen atoms in total. The normalized spacial score (nSPS) is 14.4. The lowest BCUT2D eigenvalue weighted by atomic mass is 10.1. The maximum Gasteiger partial charge on any atom is 0.256 e. The van der Waals surface area contributed by atoms with Crippen molar-refractivity contribution in [3.05, 3.63) is 35.4 Å². The van der Waals surface area contributed by atoms with Gasteiger partial charge in [-0.1, -0.05) is 26.8 Å². The van der Waals surface area contributed by atoms with E-state index in [0.29, 0.717) is 23.5 Å². The van der Waals surface area contributed by atoms with Gasteiger partial charge in [0.15, 0.2) is 0 Å². The number of hydrogen-bond donors (Lipinski definition) is 4. The van der Waals surface area contributed by atoms with Crippen LogP contribution in [0.5, 0.6) is 0 Å². The minimum atomic E-state index is -0.419. The fraction of sp³-hybridized carbons (Fsp3) is 0.565. The van der Waals surface area contributed by atoms with Crippen LogP contribution in [0.15, 0.2) is 24.3 Å². The van der Waals surface area contributed by atoms with E-state index in [-0.39, 0.29) is 5.91 Å². The van der Waals surface area contributed by atoms with Gasteiger partial charge >= 0.3 is 0 Å². The van der Waals surface area contributed by atoms with Gasteiger partial charge in [0.2, 0.25) is 0 Å². The minimum Gasteiger partial charge on any atom is -0.369 e. The van der Waals surface area contributed by atoms with Crippen molar-refractivity contribution in [2.24, 2.45) is 5.73 Å². The Morgan fingerprint density at radius 1 is 1.14 bits per heavy atom. The number of rotatable bonds is 11. The van der Waals surface area contributed by atoms with Crippen LogP contribution < -0.4 is 21.7 Å². The van der Waals surface area contributed by atoms with Gasteiger partial charge in [-0.2, -0.15) is 0 Å².